The lowest BCUT2D eigenvalue weighted by Gasteiger charge is -2.04. The Hall–Kier alpha value is -1.50. The molecule has 0 saturated heterocycles. The molecule has 0 unspecified atom stereocenters. The SMILES string of the molecule is O=C(O)c1cc2nc(Br)[nH]c2cc1C(F)F. The fourth-order valence-corrected chi connectivity index (χ4v) is 1.81. The number of carboxylic acids is 1. The van der Waals surface area contributed by atoms with Gasteiger partial charge in [-0.05, 0) is 28.1 Å². The molecule has 84 valence electrons. The average molecular weight is 291 g/mol. The molecule has 0 aliphatic heterocycles. The van der Waals surface area contributed by atoms with E-state index in [0.717, 1.165) is 12.1 Å². The van der Waals surface area contributed by atoms with E-state index in [1.54, 1.807) is 0 Å². The number of carboxylic acid groups (broad SMARTS) is 1. The third-order valence-electron chi connectivity index (χ3n) is 2.09. The van der Waals surface area contributed by atoms with Gasteiger partial charge in [0.15, 0.2) is 4.73 Å². The highest BCUT2D eigenvalue weighted by Crippen LogP contribution is 2.27. The van der Waals surface area contributed by atoms with Gasteiger partial charge in [0.2, 0.25) is 0 Å². The van der Waals surface area contributed by atoms with E-state index < -0.39 is 23.5 Å². The van der Waals surface area contributed by atoms with E-state index >= 15 is 0 Å². The molecule has 4 nitrogen and oxygen atoms in total. The second kappa shape index (κ2) is 3.82. The molecule has 2 N–H and O–H groups in total. The van der Waals surface area contributed by atoms with E-state index in [9.17, 15) is 13.6 Å². The molecule has 0 bridgehead atoms. The number of hydrogen-bond donors (Lipinski definition) is 2. The predicted octanol–water partition coefficient (Wildman–Crippen LogP) is 2.96. The highest BCUT2D eigenvalue weighted by molar-refractivity contribution is 9.10. The number of aromatic nitrogens is 2. The molecule has 1 aromatic carbocycles. The van der Waals surface area contributed by atoms with Gasteiger partial charge in [0.25, 0.3) is 6.43 Å². The van der Waals surface area contributed by atoms with Crippen molar-refractivity contribution in [3.8, 4) is 0 Å². The van der Waals surface area contributed by atoms with Gasteiger partial charge in [0.1, 0.15) is 0 Å². The van der Waals surface area contributed by atoms with E-state index in [-0.39, 0.29) is 0 Å². The smallest absolute Gasteiger partial charge is 0.336 e. The van der Waals surface area contributed by atoms with E-state index in [0.29, 0.717) is 15.8 Å². The van der Waals surface area contributed by atoms with Crippen LogP contribution in [0.1, 0.15) is 22.3 Å². The number of benzene rings is 1. The molecule has 2 rings (SSSR count). The zero-order chi connectivity index (χ0) is 11.9. The Bertz CT molecular complexity index is 568. The summed E-state index contributed by atoms with van der Waals surface area (Å²) in [4.78, 5) is 17.4. The van der Waals surface area contributed by atoms with Gasteiger partial charge in [-0.25, -0.2) is 18.6 Å². The van der Waals surface area contributed by atoms with Crippen molar-refractivity contribution < 1.29 is 18.7 Å². The number of rotatable bonds is 2. The molecular formula is C9H5BrF2N2O2. The van der Waals surface area contributed by atoms with Crippen LogP contribution < -0.4 is 0 Å². The third-order valence-corrected chi connectivity index (χ3v) is 2.47. The van der Waals surface area contributed by atoms with E-state index in [4.69, 9.17) is 5.11 Å². The quantitative estimate of drug-likeness (QED) is 0.894. The number of carbonyl (C=O) groups is 1. The highest BCUT2D eigenvalue weighted by Gasteiger charge is 2.19. The summed E-state index contributed by atoms with van der Waals surface area (Å²) >= 11 is 3.05. The number of H-pyrrole nitrogens is 1. The summed E-state index contributed by atoms with van der Waals surface area (Å²) in [6.45, 7) is 0. The largest absolute Gasteiger partial charge is 0.478 e. The minimum absolute atomic E-state index is 0.327. The van der Waals surface area contributed by atoms with Gasteiger partial charge in [0.05, 0.1) is 16.6 Å². The number of aromatic carboxylic acids is 1. The first-order valence-corrected chi connectivity index (χ1v) is 4.99. The van der Waals surface area contributed by atoms with Crippen LogP contribution in [-0.4, -0.2) is 21.0 Å². The normalized spacial score (nSPS) is 11.2. The fraction of sp³-hybridized carbons (Fsp3) is 0.111. The maximum absolute atomic E-state index is 12.6. The van der Waals surface area contributed by atoms with Crippen molar-refractivity contribution >= 4 is 32.9 Å². The molecule has 0 spiro atoms. The lowest BCUT2D eigenvalue weighted by molar-refractivity contribution is 0.0685. The summed E-state index contributed by atoms with van der Waals surface area (Å²) in [6.07, 6.45) is -2.84. The van der Waals surface area contributed by atoms with Gasteiger partial charge in [0, 0.05) is 5.56 Å². The Balaban J connectivity index is 2.75. The molecule has 2 aromatic rings. The number of hydrogen-bond acceptors (Lipinski definition) is 2. The molecular weight excluding hydrogens is 286 g/mol. The zero-order valence-corrected chi connectivity index (χ0v) is 9.25. The van der Waals surface area contributed by atoms with Crippen LogP contribution in [0.3, 0.4) is 0 Å². The van der Waals surface area contributed by atoms with Gasteiger partial charge in [-0.2, -0.15) is 0 Å². The monoisotopic (exact) mass is 290 g/mol. The fourth-order valence-electron chi connectivity index (χ4n) is 1.41. The van der Waals surface area contributed by atoms with Crippen LogP contribution in [0.4, 0.5) is 8.78 Å². The average Bonchev–Trinajstić information content (AvgIpc) is 2.54. The van der Waals surface area contributed by atoms with Crippen molar-refractivity contribution in [1.82, 2.24) is 9.97 Å². The summed E-state index contributed by atoms with van der Waals surface area (Å²) in [7, 11) is 0. The Labute approximate surface area is 96.4 Å². The van der Waals surface area contributed by atoms with Crippen LogP contribution in [0.25, 0.3) is 11.0 Å². The Kier molecular flexibility index (Phi) is 2.63. The predicted molar refractivity (Wildman–Crippen MR) is 55.7 cm³/mol. The number of aromatic amines is 1. The van der Waals surface area contributed by atoms with Crippen LogP contribution in [-0.2, 0) is 0 Å². The number of imidazole rings is 1. The van der Waals surface area contributed by atoms with Crippen molar-refractivity contribution in [3.63, 3.8) is 0 Å². The lowest BCUT2D eigenvalue weighted by Crippen LogP contribution is -2.02. The molecule has 0 saturated carbocycles. The van der Waals surface area contributed by atoms with Crippen molar-refractivity contribution in [2.75, 3.05) is 0 Å². The molecule has 0 fully saturated rings. The van der Waals surface area contributed by atoms with Crippen molar-refractivity contribution in [3.05, 3.63) is 28.0 Å². The van der Waals surface area contributed by atoms with Gasteiger partial charge < -0.3 is 10.1 Å². The van der Waals surface area contributed by atoms with Crippen molar-refractivity contribution in [2.24, 2.45) is 0 Å². The standard InChI is InChI=1S/C9H5BrF2N2O2/c10-9-13-5-1-3(7(11)12)4(8(15)16)2-6(5)14-9/h1-2,7H,(H,13,14)(H,15,16). The number of halogens is 3. The second-order valence-electron chi connectivity index (χ2n) is 3.09. The topological polar surface area (TPSA) is 66.0 Å². The van der Waals surface area contributed by atoms with E-state index in [1.807, 2.05) is 0 Å². The van der Waals surface area contributed by atoms with Gasteiger partial charge in [-0.15, -0.1) is 0 Å². The van der Waals surface area contributed by atoms with Crippen LogP contribution in [0, 0.1) is 0 Å². The van der Waals surface area contributed by atoms with Crippen LogP contribution in [0.2, 0.25) is 0 Å². The summed E-state index contributed by atoms with van der Waals surface area (Å²) in [5.41, 5.74) is -0.251. The molecule has 1 heterocycles. The van der Waals surface area contributed by atoms with Crippen LogP contribution in [0.15, 0.2) is 16.9 Å². The van der Waals surface area contributed by atoms with Crippen LogP contribution in [0.5, 0.6) is 0 Å². The van der Waals surface area contributed by atoms with Crippen LogP contribution >= 0.6 is 15.9 Å². The van der Waals surface area contributed by atoms with Crippen molar-refractivity contribution in [2.45, 2.75) is 6.43 Å². The third kappa shape index (κ3) is 1.78. The minimum Gasteiger partial charge on any atom is -0.478 e. The maximum atomic E-state index is 12.6. The molecule has 7 heteroatoms. The van der Waals surface area contributed by atoms with E-state index in [1.165, 1.54) is 0 Å². The summed E-state index contributed by atoms with van der Waals surface area (Å²) in [6, 6.07) is 2.22. The summed E-state index contributed by atoms with van der Waals surface area (Å²) < 4.78 is 25.6. The van der Waals surface area contributed by atoms with Gasteiger partial charge in [-0.3, -0.25) is 0 Å². The van der Waals surface area contributed by atoms with Crippen molar-refractivity contribution in [1.29, 1.82) is 0 Å². The Morgan fingerprint density at radius 3 is 2.75 bits per heavy atom. The molecule has 0 aliphatic carbocycles. The number of alkyl halides is 2. The molecule has 0 atom stereocenters. The molecule has 1 aromatic heterocycles. The van der Waals surface area contributed by atoms with Gasteiger partial charge in [-0.1, -0.05) is 0 Å². The summed E-state index contributed by atoms with van der Waals surface area (Å²) in [5, 5.41) is 8.80. The zero-order valence-electron chi connectivity index (χ0n) is 7.67. The first kappa shape index (κ1) is 11.0. The lowest BCUT2D eigenvalue weighted by atomic mass is 10.1. The summed E-state index contributed by atoms with van der Waals surface area (Å²) in [5.74, 6) is -1.39. The Morgan fingerprint density at radius 2 is 2.19 bits per heavy atom. The number of nitrogens with one attached hydrogen (secondary N) is 1. The Morgan fingerprint density at radius 1 is 1.50 bits per heavy atom. The maximum Gasteiger partial charge on any atom is 0.336 e. The first-order valence-electron chi connectivity index (χ1n) is 4.19. The first-order chi connectivity index (χ1) is 7.49. The number of fused-ring (bicyclic) bond motifs is 1. The van der Waals surface area contributed by atoms with E-state index in [2.05, 4.69) is 25.9 Å². The molecule has 0 amide bonds. The molecule has 0 aliphatic rings. The molecule has 16 heavy (non-hydrogen) atoms. The molecule has 0 radical (unpaired) electrons. The second-order valence-corrected chi connectivity index (χ2v) is 3.84. The highest BCUT2D eigenvalue weighted by atomic mass is 79.9. The number of nitrogens with zero attached hydrogens (tertiary/aromatic N) is 1. The minimum atomic E-state index is -2.84. The van der Waals surface area contributed by atoms with Gasteiger partial charge >= 0.3 is 5.97 Å².